The molecule has 2 saturated heterocycles. The van der Waals surface area contributed by atoms with Gasteiger partial charge in [0, 0.05) is 12.8 Å². The van der Waals surface area contributed by atoms with E-state index in [2.05, 4.69) is 0 Å². The molecule has 2 fully saturated rings. The third-order valence-electron chi connectivity index (χ3n) is 4.50. The summed E-state index contributed by atoms with van der Waals surface area (Å²) in [6.07, 6.45) is 1.38. The highest BCUT2D eigenvalue weighted by atomic mass is 32.2. The molecular weight excluding hydrogens is 380 g/mol. The molecule has 0 spiro atoms. The van der Waals surface area contributed by atoms with Crippen molar-refractivity contribution >= 4 is 35.3 Å². The Morgan fingerprint density at radius 3 is 1.56 bits per heavy atom. The lowest BCUT2D eigenvalue weighted by Gasteiger charge is -2.30. The molecule has 140 valence electrons. The maximum Gasteiger partial charge on any atom is 0.259 e. The molecule has 0 saturated carbocycles. The van der Waals surface area contributed by atoms with Crippen molar-refractivity contribution in [3.05, 3.63) is 71.8 Å². The lowest BCUT2D eigenvalue weighted by molar-refractivity contribution is -0.298. The number of hydroxylamine groups is 4. The number of carbonyl (C=O) groups excluding carboxylic acids is 2. The third-order valence-corrected chi connectivity index (χ3v) is 6.81. The summed E-state index contributed by atoms with van der Waals surface area (Å²) < 4.78 is 0. The first-order valence-corrected chi connectivity index (χ1v) is 10.9. The van der Waals surface area contributed by atoms with Crippen LogP contribution in [0.5, 0.6) is 0 Å². The number of rotatable bonds is 6. The quantitative estimate of drug-likeness (QED) is 0.746. The number of carbonyl (C=O) groups is 2. The van der Waals surface area contributed by atoms with E-state index in [4.69, 9.17) is 4.94 Å². The van der Waals surface area contributed by atoms with Crippen LogP contribution in [0.15, 0.2) is 60.7 Å². The fourth-order valence-electron chi connectivity index (χ4n) is 3.12. The molecule has 2 aliphatic rings. The van der Waals surface area contributed by atoms with Gasteiger partial charge in [-0.2, -0.15) is 10.1 Å². The summed E-state index contributed by atoms with van der Waals surface area (Å²) in [4.78, 5) is 30.6. The van der Waals surface area contributed by atoms with E-state index in [1.807, 2.05) is 60.7 Å². The molecule has 4 rings (SSSR count). The zero-order valence-corrected chi connectivity index (χ0v) is 16.3. The highest BCUT2D eigenvalue weighted by molar-refractivity contribution is 8.01. The van der Waals surface area contributed by atoms with E-state index in [0.717, 1.165) is 11.1 Å². The minimum Gasteiger partial charge on any atom is -0.271 e. The van der Waals surface area contributed by atoms with Crippen molar-refractivity contribution in [1.29, 1.82) is 0 Å². The van der Waals surface area contributed by atoms with Crippen molar-refractivity contribution in [2.24, 2.45) is 0 Å². The van der Waals surface area contributed by atoms with Crippen LogP contribution in [0, 0.1) is 0 Å². The Labute approximate surface area is 167 Å². The first-order valence-electron chi connectivity index (χ1n) is 8.84. The van der Waals surface area contributed by atoms with Crippen LogP contribution in [0.3, 0.4) is 0 Å². The number of amides is 2. The van der Waals surface area contributed by atoms with Crippen molar-refractivity contribution in [3.8, 4) is 0 Å². The van der Waals surface area contributed by atoms with Crippen molar-refractivity contribution in [1.82, 2.24) is 10.1 Å². The van der Waals surface area contributed by atoms with E-state index in [-0.39, 0.29) is 22.6 Å². The van der Waals surface area contributed by atoms with Crippen LogP contribution >= 0.6 is 23.5 Å². The monoisotopic (exact) mass is 400 g/mol. The Kier molecular flexibility index (Phi) is 5.71. The second-order valence-electron chi connectivity index (χ2n) is 6.43. The normalized spacial score (nSPS) is 22.7. The average molecular weight is 401 g/mol. The summed E-state index contributed by atoms with van der Waals surface area (Å²) >= 11 is 3.10. The lowest BCUT2D eigenvalue weighted by atomic mass is 10.1. The van der Waals surface area contributed by atoms with E-state index >= 15 is 0 Å². The van der Waals surface area contributed by atoms with Crippen LogP contribution in [0.2, 0.25) is 0 Å². The van der Waals surface area contributed by atoms with E-state index in [1.165, 1.54) is 10.1 Å². The van der Waals surface area contributed by atoms with E-state index in [9.17, 15) is 9.59 Å². The van der Waals surface area contributed by atoms with Gasteiger partial charge in [0.25, 0.3) is 11.8 Å². The molecule has 2 aliphatic heterocycles. The van der Waals surface area contributed by atoms with Crippen molar-refractivity contribution in [2.45, 2.75) is 23.6 Å². The van der Waals surface area contributed by atoms with Gasteiger partial charge in [-0.1, -0.05) is 60.7 Å². The molecule has 2 atom stereocenters. The number of hydrogen-bond acceptors (Lipinski definition) is 5. The van der Waals surface area contributed by atoms with Gasteiger partial charge in [-0.25, -0.2) is 0 Å². The molecule has 0 bridgehead atoms. The molecule has 2 heterocycles. The fourth-order valence-corrected chi connectivity index (χ4v) is 5.25. The fraction of sp³-hybridized carbons (Fsp3) is 0.300. The van der Waals surface area contributed by atoms with Gasteiger partial charge in [-0.15, -0.1) is 28.5 Å². The molecule has 0 radical (unpaired) electrons. The largest absolute Gasteiger partial charge is 0.271 e. The smallest absolute Gasteiger partial charge is 0.259 e. The van der Waals surface area contributed by atoms with E-state index < -0.39 is 0 Å². The van der Waals surface area contributed by atoms with Gasteiger partial charge in [-0.05, 0) is 11.1 Å². The minimum atomic E-state index is -0.129. The average Bonchev–Trinajstić information content (AvgIpc) is 3.21. The predicted molar refractivity (Wildman–Crippen MR) is 108 cm³/mol. The molecule has 0 aliphatic carbocycles. The number of thioether (sulfide) groups is 2. The highest BCUT2D eigenvalue weighted by Crippen LogP contribution is 2.33. The van der Waals surface area contributed by atoms with Crippen LogP contribution in [0.1, 0.15) is 11.1 Å². The molecule has 7 heteroatoms. The molecule has 0 N–H and O–H groups in total. The molecule has 2 amide bonds. The molecule has 27 heavy (non-hydrogen) atoms. The molecule has 2 aromatic rings. The standard InChI is InChI=1S/C20H20N2O3S2/c23-17-13-26-19(11-15-7-3-1-4-8-15)21(17)25-22-18(24)14-27-20(22)12-16-9-5-2-6-10-16/h1-10,19-20H,11-14H2. The van der Waals surface area contributed by atoms with Gasteiger partial charge in [0.2, 0.25) is 0 Å². The van der Waals surface area contributed by atoms with E-state index in [1.54, 1.807) is 23.5 Å². The Morgan fingerprint density at radius 1 is 0.741 bits per heavy atom. The number of hydrogen-bond donors (Lipinski definition) is 0. The van der Waals surface area contributed by atoms with Gasteiger partial charge in [0.05, 0.1) is 11.5 Å². The molecule has 2 aromatic carbocycles. The Morgan fingerprint density at radius 2 is 1.15 bits per heavy atom. The summed E-state index contributed by atoms with van der Waals surface area (Å²) in [6.45, 7) is 0. The topological polar surface area (TPSA) is 49.9 Å². The van der Waals surface area contributed by atoms with Gasteiger partial charge in [-0.3, -0.25) is 9.59 Å². The van der Waals surface area contributed by atoms with Crippen molar-refractivity contribution < 1.29 is 14.5 Å². The zero-order valence-electron chi connectivity index (χ0n) is 14.7. The first-order chi connectivity index (χ1) is 13.2. The maximum atomic E-state index is 12.4. The second kappa shape index (κ2) is 8.37. The Balaban J connectivity index is 1.46. The van der Waals surface area contributed by atoms with Gasteiger partial charge in [0.1, 0.15) is 10.7 Å². The van der Waals surface area contributed by atoms with Crippen LogP contribution < -0.4 is 0 Å². The maximum absolute atomic E-state index is 12.4. The minimum absolute atomic E-state index is 0.0934. The van der Waals surface area contributed by atoms with Gasteiger partial charge >= 0.3 is 0 Å². The van der Waals surface area contributed by atoms with Crippen LogP contribution in [0.25, 0.3) is 0 Å². The first kappa shape index (κ1) is 18.4. The summed E-state index contributed by atoms with van der Waals surface area (Å²) in [5.41, 5.74) is 2.28. The van der Waals surface area contributed by atoms with Gasteiger partial charge < -0.3 is 0 Å². The van der Waals surface area contributed by atoms with Crippen LogP contribution in [-0.4, -0.2) is 44.2 Å². The van der Waals surface area contributed by atoms with Gasteiger partial charge in [0.15, 0.2) is 0 Å². The van der Waals surface area contributed by atoms with Crippen LogP contribution in [-0.2, 0) is 27.4 Å². The lowest BCUT2D eigenvalue weighted by Crippen LogP contribution is -2.45. The second-order valence-corrected chi connectivity index (χ2v) is 8.76. The molecule has 2 unspecified atom stereocenters. The zero-order chi connectivity index (χ0) is 18.6. The van der Waals surface area contributed by atoms with E-state index in [0.29, 0.717) is 24.3 Å². The number of benzene rings is 2. The molecule has 5 nitrogen and oxygen atoms in total. The SMILES string of the molecule is O=C1CSC(Cc2ccccc2)N1ON1C(=O)CSC1Cc1ccccc1. The van der Waals surface area contributed by atoms with Crippen molar-refractivity contribution in [2.75, 3.05) is 11.5 Å². The Hall–Kier alpha value is -1.96. The van der Waals surface area contributed by atoms with Crippen molar-refractivity contribution in [3.63, 3.8) is 0 Å². The summed E-state index contributed by atoms with van der Waals surface area (Å²) in [5, 5.41) is 2.52. The highest BCUT2D eigenvalue weighted by Gasteiger charge is 2.40. The number of nitrogens with zero attached hydrogens (tertiary/aromatic N) is 2. The summed E-state index contributed by atoms with van der Waals surface area (Å²) in [6, 6.07) is 20.0. The summed E-state index contributed by atoms with van der Waals surface area (Å²) in [7, 11) is 0. The molecule has 0 aromatic heterocycles. The predicted octanol–water partition coefficient (Wildman–Crippen LogP) is 3.12. The third kappa shape index (κ3) is 4.31. The molecular formula is C20H20N2O3S2. The summed E-state index contributed by atoms with van der Waals surface area (Å²) in [5.74, 6) is 0.555. The van der Waals surface area contributed by atoms with Crippen LogP contribution in [0.4, 0.5) is 0 Å². The Bertz CT molecular complexity index is 736.